The molecule has 1 saturated heterocycles. The van der Waals surface area contributed by atoms with Gasteiger partial charge in [0, 0.05) is 43.2 Å². The summed E-state index contributed by atoms with van der Waals surface area (Å²) in [4.78, 5) is 16.2. The molecule has 1 N–H and O–H groups in total. The number of aliphatic hydroxyl groups is 1. The van der Waals surface area contributed by atoms with Gasteiger partial charge in [-0.2, -0.15) is 0 Å². The van der Waals surface area contributed by atoms with Crippen molar-refractivity contribution in [1.82, 2.24) is 14.9 Å². The molecule has 142 valence electrons. The number of thiophene rings is 1. The lowest BCUT2D eigenvalue weighted by molar-refractivity contribution is 0.188. The summed E-state index contributed by atoms with van der Waals surface area (Å²) in [5.74, 6) is 1.50. The minimum atomic E-state index is -0.233. The monoisotopic (exact) mass is 386 g/mol. The van der Waals surface area contributed by atoms with Crippen LogP contribution in [0.4, 0.5) is 10.2 Å². The van der Waals surface area contributed by atoms with E-state index in [2.05, 4.69) is 21.7 Å². The summed E-state index contributed by atoms with van der Waals surface area (Å²) in [6, 6.07) is 6.65. The molecule has 0 unspecified atom stereocenters. The summed E-state index contributed by atoms with van der Waals surface area (Å²) in [7, 11) is 0. The quantitative estimate of drug-likeness (QED) is 0.746. The van der Waals surface area contributed by atoms with Gasteiger partial charge in [-0.25, -0.2) is 14.4 Å². The second kappa shape index (κ2) is 7.50. The van der Waals surface area contributed by atoms with Gasteiger partial charge in [0.2, 0.25) is 0 Å². The lowest BCUT2D eigenvalue weighted by Crippen LogP contribution is -2.47. The van der Waals surface area contributed by atoms with Crippen LogP contribution in [-0.2, 0) is 0 Å². The number of nitrogens with zero attached hydrogens (tertiary/aromatic N) is 4. The van der Waals surface area contributed by atoms with E-state index in [9.17, 15) is 4.39 Å². The highest BCUT2D eigenvalue weighted by Gasteiger charge is 2.24. The van der Waals surface area contributed by atoms with Crippen LogP contribution in [0, 0.1) is 19.7 Å². The minimum absolute atomic E-state index is 0.190. The van der Waals surface area contributed by atoms with Crippen molar-refractivity contribution < 1.29 is 9.50 Å². The first-order chi connectivity index (χ1) is 13.1. The molecule has 5 nitrogen and oxygen atoms in total. The van der Waals surface area contributed by atoms with Gasteiger partial charge >= 0.3 is 0 Å². The fourth-order valence-corrected chi connectivity index (χ4v) is 4.80. The Morgan fingerprint density at radius 3 is 2.44 bits per heavy atom. The Hall–Kier alpha value is -2.09. The normalized spacial score (nSPS) is 15.6. The highest BCUT2D eigenvalue weighted by molar-refractivity contribution is 7.19. The third-order valence-electron chi connectivity index (χ3n) is 5.04. The van der Waals surface area contributed by atoms with Gasteiger partial charge in [-0.1, -0.05) is 12.1 Å². The van der Waals surface area contributed by atoms with E-state index in [0.29, 0.717) is 6.54 Å². The number of β-amino-alcohol motifs (C(OH)–C–C–N with tert-alkyl or cyclic N) is 1. The van der Waals surface area contributed by atoms with E-state index in [4.69, 9.17) is 10.1 Å². The van der Waals surface area contributed by atoms with Gasteiger partial charge in [-0.3, -0.25) is 4.90 Å². The van der Waals surface area contributed by atoms with Crippen molar-refractivity contribution in [1.29, 1.82) is 0 Å². The maximum atomic E-state index is 13.4. The number of piperazine rings is 1. The molecule has 1 fully saturated rings. The molecule has 27 heavy (non-hydrogen) atoms. The van der Waals surface area contributed by atoms with Crippen molar-refractivity contribution in [2.24, 2.45) is 0 Å². The number of halogens is 1. The SMILES string of the molecule is Cc1nc(N2CCN(CCO)CC2)c2c(-c3ccc(F)cc3)c(C)sc2n1. The Labute approximate surface area is 162 Å². The van der Waals surface area contributed by atoms with E-state index in [-0.39, 0.29) is 12.4 Å². The van der Waals surface area contributed by atoms with Gasteiger partial charge in [0.15, 0.2) is 0 Å². The van der Waals surface area contributed by atoms with Crippen LogP contribution in [0.1, 0.15) is 10.7 Å². The molecule has 1 aliphatic rings. The number of benzene rings is 1. The van der Waals surface area contributed by atoms with E-state index in [1.807, 2.05) is 19.1 Å². The molecule has 3 aromatic rings. The predicted molar refractivity (Wildman–Crippen MR) is 108 cm³/mol. The van der Waals surface area contributed by atoms with Gasteiger partial charge in [-0.05, 0) is 31.5 Å². The first kappa shape index (κ1) is 18.3. The lowest BCUT2D eigenvalue weighted by Gasteiger charge is -2.35. The standard InChI is InChI=1S/C20H23FN4OS/c1-13-17(15-3-5-16(21)6-4-15)18-19(22-14(2)23-20(18)27-13)25-9-7-24(8-10-25)11-12-26/h3-6,26H,7-12H2,1-2H3. The van der Waals surface area contributed by atoms with Crippen molar-refractivity contribution in [3.8, 4) is 11.1 Å². The van der Waals surface area contributed by atoms with Gasteiger partial charge in [0.25, 0.3) is 0 Å². The average Bonchev–Trinajstić information content (AvgIpc) is 2.98. The minimum Gasteiger partial charge on any atom is -0.395 e. The summed E-state index contributed by atoms with van der Waals surface area (Å²) in [5.41, 5.74) is 2.09. The summed E-state index contributed by atoms with van der Waals surface area (Å²) < 4.78 is 13.4. The van der Waals surface area contributed by atoms with Gasteiger partial charge in [0.1, 0.15) is 22.3 Å². The maximum absolute atomic E-state index is 13.4. The molecule has 1 aliphatic heterocycles. The van der Waals surface area contributed by atoms with E-state index in [1.165, 1.54) is 12.1 Å². The number of rotatable bonds is 4. The number of aryl methyl sites for hydroxylation is 2. The molecule has 0 atom stereocenters. The Balaban J connectivity index is 1.80. The molecule has 0 bridgehead atoms. The fraction of sp³-hybridized carbons (Fsp3) is 0.400. The number of hydrogen-bond acceptors (Lipinski definition) is 6. The van der Waals surface area contributed by atoms with E-state index >= 15 is 0 Å². The second-order valence-corrected chi connectivity index (χ2v) is 8.07. The zero-order valence-corrected chi connectivity index (χ0v) is 16.4. The molecule has 0 aliphatic carbocycles. The van der Waals surface area contributed by atoms with Crippen LogP contribution in [0.25, 0.3) is 21.3 Å². The third-order valence-corrected chi connectivity index (χ3v) is 6.04. The van der Waals surface area contributed by atoms with Crippen molar-refractivity contribution >= 4 is 27.4 Å². The molecular weight excluding hydrogens is 363 g/mol. The molecule has 0 saturated carbocycles. The fourth-order valence-electron chi connectivity index (χ4n) is 3.72. The number of hydrogen-bond donors (Lipinski definition) is 1. The lowest BCUT2D eigenvalue weighted by atomic mass is 10.0. The number of aliphatic hydroxyl groups excluding tert-OH is 1. The zero-order chi connectivity index (χ0) is 19.0. The number of aromatic nitrogens is 2. The first-order valence-corrected chi connectivity index (χ1v) is 10.0. The van der Waals surface area contributed by atoms with Crippen LogP contribution in [-0.4, -0.2) is 59.3 Å². The van der Waals surface area contributed by atoms with E-state index in [1.54, 1.807) is 11.3 Å². The van der Waals surface area contributed by atoms with Crippen molar-refractivity contribution in [2.75, 3.05) is 44.2 Å². The first-order valence-electron chi connectivity index (χ1n) is 9.18. The van der Waals surface area contributed by atoms with E-state index < -0.39 is 0 Å². The van der Waals surface area contributed by atoms with Crippen molar-refractivity contribution in [3.63, 3.8) is 0 Å². The van der Waals surface area contributed by atoms with Crippen LogP contribution >= 0.6 is 11.3 Å². The molecule has 2 aromatic heterocycles. The van der Waals surface area contributed by atoms with Crippen LogP contribution in [0.15, 0.2) is 24.3 Å². The molecule has 1 aromatic carbocycles. The van der Waals surface area contributed by atoms with Crippen LogP contribution in [0.3, 0.4) is 0 Å². The summed E-state index contributed by atoms with van der Waals surface area (Å²) in [5, 5.41) is 10.2. The smallest absolute Gasteiger partial charge is 0.141 e. The highest BCUT2D eigenvalue weighted by Crippen LogP contribution is 2.41. The summed E-state index contributed by atoms with van der Waals surface area (Å²) in [6.45, 7) is 8.45. The molecule has 4 rings (SSSR count). The molecule has 0 radical (unpaired) electrons. The number of fused-ring (bicyclic) bond motifs is 1. The van der Waals surface area contributed by atoms with Gasteiger partial charge in [-0.15, -0.1) is 11.3 Å². The van der Waals surface area contributed by atoms with Crippen molar-refractivity contribution in [3.05, 3.63) is 40.8 Å². The van der Waals surface area contributed by atoms with Crippen LogP contribution in [0.2, 0.25) is 0 Å². The molecular formula is C20H23FN4OS. The average molecular weight is 386 g/mol. The number of anilines is 1. The Morgan fingerprint density at radius 1 is 1.07 bits per heavy atom. The van der Waals surface area contributed by atoms with Crippen molar-refractivity contribution in [2.45, 2.75) is 13.8 Å². The molecule has 0 amide bonds. The summed E-state index contributed by atoms with van der Waals surface area (Å²) in [6.07, 6.45) is 0. The Bertz CT molecular complexity index is 949. The van der Waals surface area contributed by atoms with Gasteiger partial charge in [0.05, 0.1) is 12.0 Å². The maximum Gasteiger partial charge on any atom is 0.141 e. The zero-order valence-electron chi connectivity index (χ0n) is 15.6. The van der Waals surface area contributed by atoms with Crippen LogP contribution in [0.5, 0.6) is 0 Å². The highest BCUT2D eigenvalue weighted by atomic mass is 32.1. The largest absolute Gasteiger partial charge is 0.395 e. The van der Waals surface area contributed by atoms with Gasteiger partial charge < -0.3 is 10.0 Å². The summed E-state index contributed by atoms with van der Waals surface area (Å²) >= 11 is 1.66. The second-order valence-electron chi connectivity index (χ2n) is 6.87. The molecule has 3 heterocycles. The predicted octanol–water partition coefficient (Wildman–Crippen LogP) is 3.23. The molecule has 7 heteroatoms. The Morgan fingerprint density at radius 2 is 1.78 bits per heavy atom. The topological polar surface area (TPSA) is 52.5 Å². The van der Waals surface area contributed by atoms with E-state index in [0.717, 1.165) is 64.0 Å². The van der Waals surface area contributed by atoms with Crippen LogP contribution < -0.4 is 4.90 Å². The third kappa shape index (κ3) is 3.54. The Kier molecular flexibility index (Phi) is 5.08. The molecule has 0 spiro atoms.